The van der Waals surface area contributed by atoms with Gasteiger partial charge in [-0.3, -0.25) is 29.0 Å². The van der Waals surface area contributed by atoms with Gasteiger partial charge in [0.2, 0.25) is 23.6 Å². The van der Waals surface area contributed by atoms with Crippen LogP contribution in [-0.2, 0) is 28.8 Å². The number of carbonyl (C=O) groups is 6. The van der Waals surface area contributed by atoms with Gasteiger partial charge in [-0.1, -0.05) is 0 Å². The number of carboxylic acid groups (broad SMARTS) is 2. The number of aliphatic imine (C=N–C) groups is 1. The van der Waals surface area contributed by atoms with Crippen molar-refractivity contribution in [3.63, 3.8) is 0 Å². The zero-order valence-electron chi connectivity index (χ0n) is 18.8. The van der Waals surface area contributed by atoms with Gasteiger partial charge in [0.05, 0.1) is 12.5 Å². The smallest absolute Gasteiger partial charge is 0.326 e. The van der Waals surface area contributed by atoms with Crippen molar-refractivity contribution in [3.05, 3.63) is 0 Å². The number of nitrogens with two attached hydrogens (primary N) is 4. The number of guanidine groups is 1. The van der Waals surface area contributed by atoms with Crippen LogP contribution in [0.25, 0.3) is 0 Å². The topological polar surface area (TPSA) is 295 Å². The molecule has 0 aromatic rings. The van der Waals surface area contributed by atoms with Crippen LogP contribution in [0.15, 0.2) is 4.99 Å². The Hall–Kier alpha value is -3.60. The lowest BCUT2D eigenvalue weighted by molar-refractivity contribution is -0.143. The van der Waals surface area contributed by atoms with E-state index in [9.17, 15) is 33.9 Å². The molecule has 0 bridgehead atoms. The summed E-state index contributed by atoms with van der Waals surface area (Å²) < 4.78 is 0. The van der Waals surface area contributed by atoms with Crippen LogP contribution in [0.1, 0.15) is 32.1 Å². The first-order valence-electron chi connectivity index (χ1n) is 10.3. The van der Waals surface area contributed by atoms with Crippen molar-refractivity contribution in [3.8, 4) is 0 Å². The first kappa shape index (κ1) is 31.4. The predicted molar refractivity (Wildman–Crippen MR) is 126 cm³/mol. The molecule has 0 saturated carbocycles. The van der Waals surface area contributed by atoms with E-state index in [-0.39, 0.29) is 24.7 Å². The molecule has 0 aliphatic carbocycles. The number of hydrogen-bond acceptors (Lipinski definition) is 9. The van der Waals surface area contributed by atoms with Gasteiger partial charge in [0, 0.05) is 18.7 Å². The van der Waals surface area contributed by atoms with Crippen LogP contribution < -0.4 is 38.9 Å². The molecule has 0 aromatic carbocycles. The van der Waals surface area contributed by atoms with Gasteiger partial charge in [-0.25, -0.2) is 4.79 Å². The zero-order chi connectivity index (χ0) is 27.1. The van der Waals surface area contributed by atoms with Crippen LogP contribution in [0, 0.1) is 0 Å². The Morgan fingerprint density at radius 3 is 1.86 bits per heavy atom. The minimum atomic E-state index is -1.60. The summed E-state index contributed by atoms with van der Waals surface area (Å²) in [5, 5.41) is 24.5. The molecule has 0 spiro atoms. The monoisotopic (exact) mass is 520 g/mol. The molecule has 0 aromatic heterocycles. The molecule has 0 radical (unpaired) electrons. The number of amides is 4. The fourth-order valence-electron chi connectivity index (χ4n) is 2.60. The Morgan fingerprint density at radius 2 is 1.37 bits per heavy atom. The van der Waals surface area contributed by atoms with Gasteiger partial charge >= 0.3 is 11.9 Å². The van der Waals surface area contributed by atoms with Crippen LogP contribution in [-0.4, -0.2) is 88.2 Å². The van der Waals surface area contributed by atoms with Gasteiger partial charge in [0.15, 0.2) is 5.96 Å². The normalized spacial score (nSPS) is 13.9. The highest BCUT2D eigenvalue weighted by Gasteiger charge is 2.31. The summed E-state index contributed by atoms with van der Waals surface area (Å²) in [6, 6.07) is -5.46. The zero-order valence-corrected chi connectivity index (χ0v) is 19.7. The lowest BCUT2D eigenvalue weighted by atomic mass is 10.1. The number of thiol groups is 1. The minimum absolute atomic E-state index is 0.110. The third-order valence-electron chi connectivity index (χ3n) is 4.42. The highest BCUT2D eigenvalue weighted by atomic mass is 32.1. The Balaban J connectivity index is 5.18. The molecule has 198 valence electrons. The maximum Gasteiger partial charge on any atom is 0.326 e. The van der Waals surface area contributed by atoms with E-state index in [1.165, 1.54) is 0 Å². The van der Waals surface area contributed by atoms with Gasteiger partial charge in [-0.05, 0) is 19.3 Å². The molecule has 17 heteroatoms. The highest BCUT2D eigenvalue weighted by Crippen LogP contribution is 2.03. The Bertz CT molecular complexity index is 820. The summed E-state index contributed by atoms with van der Waals surface area (Å²) in [5.41, 5.74) is 21.3. The van der Waals surface area contributed by atoms with E-state index < -0.39 is 79.0 Å². The Labute approximate surface area is 206 Å². The van der Waals surface area contributed by atoms with Crippen molar-refractivity contribution >= 4 is 54.2 Å². The average Bonchev–Trinajstić information content (AvgIpc) is 2.75. The largest absolute Gasteiger partial charge is 0.481 e. The standard InChI is InChI=1S/C18H32N8O8S/c19-8(2-1-5-23-18(21)22)14(30)26-11(7-35)16(32)25-10(6-12(20)27)15(31)24-9(17(33)34)3-4-13(28)29/h8-11,35H,1-7,19H2,(H2,20,27)(H,24,31)(H,25,32)(H,26,30)(H,28,29)(H,33,34)(H4,21,22,23). The predicted octanol–water partition coefficient (Wildman–Crippen LogP) is -4.42. The molecule has 13 N–H and O–H groups in total. The van der Waals surface area contributed by atoms with Gasteiger partial charge < -0.3 is 49.1 Å². The van der Waals surface area contributed by atoms with E-state index in [0.29, 0.717) is 6.42 Å². The van der Waals surface area contributed by atoms with Crippen molar-refractivity contribution in [1.29, 1.82) is 0 Å². The number of aliphatic carboxylic acids is 2. The Kier molecular flexibility index (Phi) is 14.4. The summed E-state index contributed by atoms with van der Waals surface area (Å²) in [6.45, 7) is 0.244. The van der Waals surface area contributed by atoms with Crippen molar-refractivity contribution in [1.82, 2.24) is 16.0 Å². The molecule has 0 rings (SSSR count). The summed E-state index contributed by atoms with van der Waals surface area (Å²) in [6.07, 6.45) is -1.10. The van der Waals surface area contributed by atoms with Gasteiger partial charge in [-0.2, -0.15) is 12.6 Å². The van der Waals surface area contributed by atoms with E-state index in [2.05, 4.69) is 33.6 Å². The molecule has 0 aliphatic heterocycles. The molecule has 0 saturated heterocycles. The summed E-state index contributed by atoms with van der Waals surface area (Å²) in [5.74, 6) is -6.81. The minimum Gasteiger partial charge on any atom is -0.481 e. The molecular formula is C18H32N8O8S. The number of rotatable bonds is 17. The Morgan fingerprint density at radius 1 is 0.829 bits per heavy atom. The number of carboxylic acids is 2. The molecule has 4 atom stereocenters. The first-order chi connectivity index (χ1) is 16.3. The van der Waals surface area contributed by atoms with Crippen LogP contribution in [0.5, 0.6) is 0 Å². The molecule has 16 nitrogen and oxygen atoms in total. The molecule has 0 fully saturated rings. The van der Waals surface area contributed by atoms with Crippen molar-refractivity contribution in [2.45, 2.75) is 56.3 Å². The molecule has 0 aliphatic rings. The lowest BCUT2D eigenvalue weighted by Crippen LogP contribution is -2.58. The van der Waals surface area contributed by atoms with Crippen molar-refractivity contribution < 1.29 is 39.0 Å². The second-order valence-electron chi connectivity index (χ2n) is 7.36. The highest BCUT2D eigenvalue weighted by molar-refractivity contribution is 7.80. The summed E-state index contributed by atoms with van der Waals surface area (Å²) in [4.78, 5) is 74.5. The van der Waals surface area contributed by atoms with Gasteiger partial charge in [0.1, 0.15) is 18.1 Å². The van der Waals surface area contributed by atoms with E-state index >= 15 is 0 Å². The van der Waals surface area contributed by atoms with Crippen LogP contribution in [0.4, 0.5) is 0 Å². The quantitative estimate of drug-likeness (QED) is 0.0377. The number of primary amides is 1. The lowest BCUT2D eigenvalue weighted by Gasteiger charge is -2.24. The summed E-state index contributed by atoms with van der Waals surface area (Å²) >= 11 is 3.99. The van der Waals surface area contributed by atoms with E-state index in [1.54, 1.807) is 0 Å². The molecule has 4 amide bonds. The first-order valence-corrected chi connectivity index (χ1v) is 11.0. The van der Waals surface area contributed by atoms with Crippen LogP contribution in [0.3, 0.4) is 0 Å². The third kappa shape index (κ3) is 13.6. The van der Waals surface area contributed by atoms with Gasteiger partial charge in [-0.15, -0.1) is 0 Å². The molecule has 35 heavy (non-hydrogen) atoms. The summed E-state index contributed by atoms with van der Waals surface area (Å²) in [7, 11) is 0. The fourth-order valence-corrected chi connectivity index (χ4v) is 2.86. The second-order valence-corrected chi connectivity index (χ2v) is 7.73. The van der Waals surface area contributed by atoms with Crippen LogP contribution >= 0.6 is 12.6 Å². The van der Waals surface area contributed by atoms with Gasteiger partial charge in [0.25, 0.3) is 0 Å². The number of nitrogens with one attached hydrogen (secondary N) is 3. The fraction of sp³-hybridized carbons (Fsp3) is 0.611. The SMILES string of the molecule is NC(=O)CC(NC(=O)C(CS)NC(=O)C(N)CCCN=C(N)N)C(=O)NC(CCC(=O)O)C(=O)O. The number of hydrogen-bond donors (Lipinski definition) is 10. The number of nitrogens with zero attached hydrogens (tertiary/aromatic N) is 1. The second kappa shape index (κ2) is 16.1. The average molecular weight is 521 g/mol. The molecule has 0 heterocycles. The maximum atomic E-state index is 12.6. The number of carbonyl (C=O) groups excluding carboxylic acids is 4. The third-order valence-corrected chi connectivity index (χ3v) is 4.78. The van der Waals surface area contributed by atoms with Crippen molar-refractivity contribution in [2.75, 3.05) is 12.3 Å². The maximum absolute atomic E-state index is 12.6. The molecular weight excluding hydrogens is 488 g/mol. The van der Waals surface area contributed by atoms with Crippen LogP contribution in [0.2, 0.25) is 0 Å². The molecule has 4 unspecified atom stereocenters. The van der Waals surface area contributed by atoms with E-state index in [4.69, 9.17) is 28.0 Å². The van der Waals surface area contributed by atoms with Crippen molar-refractivity contribution in [2.24, 2.45) is 27.9 Å². The van der Waals surface area contributed by atoms with E-state index in [1.807, 2.05) is 0 Å². The van der Waals surface area contributed by atoms with E-state index in [0.717, 1.165) is 0 Å².